The molecule has 3 N–H and O–H groups in total. The third-order valence-electron chi connectivity index (χ3n) is 5.23. The molecular weight excluding hydrogens is 386 g/mol. The first-order chi connectivity index (χ1) is 15.2. The fourth-order valence-electron chi connectivity index (χ4n) is 3.61. The van der Waals surface area contributed by atoms with Gasteiger partial charge in [-0.3, -0.25) is 9.78 Å². The molecule has 0 fully saturated rings. The van der Waals surface area contributed by atoms with Gasteiger partial charge in [-0.05, 0) is 48.4 Å². The summed E-state index contributed by atoms with van der Waals surface area (Å²) >= 11 is 0. The highest BCUT2D eigenvalue weighted by Crippen LogP contribution is 2.22. The Morgan fingerprint density at radius 3 is 2.42 bits per heavy atom. The zero-order chi connectivity index (χ0) is 21.5. The first kappa shape index (κ1) is 20.7. The van der Waals surface area contributed by atoms with Gasteiger partial charge in [-0.1, -0.05) is 60.7 Å². The molecule has 0 aliphatic heterocycles. The number of fused-ring (bicyclic) bond motifs is 1. The third-order valence-corrected chi connectivity index (χ3v) is 5.23. The van der Waals surface area contributed by atoms with Gasteiger partial charge in [0.25, 0.3) is 5.91 Å². The maximum atomic E-state index is 12.8. The van der Waals surface area contributed by atoms with E-state index in [1.165, 1.54) is 0 Å². The molecule has 0 saturated carbocycles. The van der Waals surface area contributed by atoms with E-state index in [4.69, 9.17) is 0 Å². The highest BCUT2D eigenvalue weighted by molar-refractivity contribution is 6.12. The van der Waals surface area contributed by atoms with E-state index in [9.17, 15) is 9.90 Å². The van der Waals surface area contributed by atoms with E-state index in [0.29, 0.717) is 24.2 Å². The van der Waals surface area contributed by atoms with Crippen LogP contribution >= 0.6 is 0 Å². The van der Waals surface area contributed by atoms with E-state index in [1.54, 1.807) is 12.3 Å². The fraction of sp³-hybridized carbons (Fsp3) is 0.154. The van der Waals surface area contributed by atoms with Crippen molar-refractivity contribution in [2.75, 3.05) is 18.4 Å². The number of aliphatic hydroxyl groups is 1. The minimum absolute atomic E-state index is 0.175. The summed E-state index contributed by atoms with van der Waals surface area (Å²) in [6.07, 6.45) is 1.98. The van der Waals surface area contributed by atoms with Crippen molar-refractivity contribution in [3.63, 3.8) is 0 Å². The number of nitrogens with one attached hydrogen (secondary N) is 2. The first-order valence-corrected chi connectivity index (χ1v) is 10.4. The monoisotopic (exact) mass is 411 g/mol. The van der Waals surface area contributed by atoms with Crippen molar-refractivity contribution in [1.29, 1.82) is 0 Å². The van der Waals surface area contributed by atoms with Gasteiger partial charge >= 0.3 is 0 Å². The quantitative estimate of drug-likeness (QED) is 0.377. The van der Waals surface area contributed by atoms with Crippen LogP contribution in [0.15, 0.2) is 91.1 Å². The van der Waals surface area contributed by atoms with Gasteiger partial charge in [-0.25, -0.2) is 0 Å². The van der Waals surface area contributed by atoms with E-state index in [0.717, 1.165) is 28.6 Å². The average molecular weight is 412 g/mol. The number of anilines is 1. The lowest BCUT2D eigenvalue weighted by Crippen LogP contribution is -2.23. The Morgan fingerprint density at radius 1 is 0.903 bits per heavy atom. The molecule has 4 rings (SSSR count). The molecule has 1 heterocycles. The zero-order valence-electron chi connectivity index (χ0n) is 17.2. The summed E-state index contributed by atoms with van der Waals surface area (Å²) in [6, 6.07) is 26.7. The summed E-state index contributed by atoms with van der Waals surface area (Å²) < 4.78 is 0. The van der Waals surface area contributed by atoms with E-state index in [-0.39, 0.29) is 5.91 Å². The number of rotatable bonds is 8. The second-order valence-electron chi connectivity index (χ2n) is 7.37. The number of aliphatic hydroxyl groups excluding tert-OH is 1. The van der Waals surface area contributed by atoms with Crippen LogP contribution in [0, 0.1) is 0 Å². The number of carbonyl (C=O) groups is 1. The topological polar surface area (TPSA) is 74.2 Å². The Balaban J connectivity index is 1.43. The van der Waals surface area contributed by atoms with E-state index in [1.807, 2.05) is 78.9 Å². The summed E-state index contributed by atoms with van der Waals surface area (Å²) in [7, 11) is 0. The molecule has 0 radical (unpaired) electrons. The maximum absolute atomic E-state index is 12.8. The number of para-hydroxylation sites is 2. The largest absolute Gasteiger partial charge is 0.387 e. The first-order valence-electron chi connectivity index (χ1n) is 10.4. The van der Waals surface area contributed by atoms with Crippen LogP contribution in [0.5, 0.6) is 0 Å². The normalized spacial score (nSPS) is 11.9. The van der Waals surface area contributed by atoms with Crippen LogP contribution in [0.4, 0.5) is 5.69 Å². The lowest BCUT2D eigenvalue weighted by molar-refractivity contribution is 0.102. The van der Waals surface area contributed by atoms with Crippen LogP contribution in [-0.4, -0.2) is 29.1 Å². The van der Waals surface area contributed by atoms with Crippen LogP contribution < -0.4 is 10.6 Å². The van der Waals surface area contributed by atoms with Gasteiger partial charge in [-0.15, -0.1) is 0 Å². The molecule has 156 valence electrons. The zero-order valence-corrected chi connectivity index (χ0v) is 17.2. The average Bonchev–Trinajstić information content (AvgIpc) is 2.82. The van der Waals surface area contributed by atoms with Crippen LogP contribution in [0.1, 0.15) is 27.6 Å². The minimum atomic E-state index is -0.538. The number of carbonyl (C=O) groups excluding carboxylic acids is 1. The summed E-state index contributed by atoms with van der Waals surface area (Å²) in [5.41, 5.74) is 4.01. The molecule has 31 heavy (non-hydrogen) atoms. The van der Waals surface area contributed by atoms with Gasteiger partial charge in [0.05, 0.1) is 17.2 Å². The summed E-state index contributed by atoms with van der Waals surface area (Å²) in [6.45, 7) is 1.20. The van der Waals surface area contributed by atoms with Crippen molar-refractivity contribution < 1.29 is 9.90 Å². The lowest BCUT2D eigenvalue weighted by Gasteiger charge is -2.13. The second-order valence-corrected chi connectivity index (χ2v) is 7.37. The van der Waals surface area contributed by atoms with Gasteiger partial charge in [0.1, 0.15) is 0 Å². The number of pyridine rings is 1. The SMILES string of the molecule is O=C(Nc1ccccc1)c1cccc2c(CCNC[C@H](O)c3ccccc3)ccnc12. The Labute approximate surface area is 181 Å². The molecule has 1 aromatic heterocycles. The predicted molar refractivity (Wildman–Crippen MR) is 124 cm³/mol. The Kier molecular flexibility index (Phi) is 6.67. The molecule has 5 heteroatoms. The number of benzene rings is 3. The molecule has 0 unspecified atom stereocenters. The molecule has 4 aromatic rings. The van der Waals surface area contributed by atoms with Crippen molar-refractivity contribution in [3.05, 3.63) is 108 Å². The van der Waals surface area contributed by atoms with Crippen molar-refractivity contribution in [2.24, 2.45) is 0 Å². The molecule has 0 aliphatic rings. The fourth-order valence-corrected chi connectivity index (χ4v) is 3.61. The van der Waals surface area contributed by atoms with Crippen LogP contribution in [-0.2, 0) is 6.42 Å². The Bertz CT molecular complexity index is 1150. The molecule has 1 atom stereocenters. The smallest absolute Gasteiger partial charge is 0.257 e. The molecule has 3 aromatic carbocycles. The molecule has 0 bridgehead atoms. The Hall–Kier alpha value is -3.54. The van der Waals surface area contributed by atoms with E-state index < -0.39 is 6.10 Å². The van der Waals surface area contributed by atoms with Crippen molar-refractivity contribution in [2.45, 2.75) is 12.5 Å². The van der Waals surface area contributed by atoms with Gasteiger partial charge < -0.3 is 15.7 Å². The number of hydrogen-bond acceptors (Lipinski definition) is 4. The second kappa shape index (κ2) is 9.98. The summed E-state index contributed by atoms with van der Waals surface area (Å²) in [5, 5.41) is 17.5. The molecule has 5 nitrogen and oxygen atoms in total. The minimum Gasteiger partial charge on any atom is -0.387 e. The third kappa shape index (κ3) is 5.15. The van der Waals surface area contributed by atoms with Crippen LogP contribution in [0.2, 0.25) is 0 Å². The van der Waals surface area contributed by atoms with Gasteiger partial charge in [0.2, 0.25) is 0 Å². The number of nitrogens with zero attached hydrogens (tertiary/aromatic N) is 1. The maximum Gasteiger partial charge on any atom is 0.257 e. The molecule has 0 saturated heterocycles. The highest BCUT2D eigenvalue weighted by atomic mass is 16.3. The predicted octanol–water partition coefficient (Wildman–Crippen LogP) is 4.35. The van der Waals surface area contributed by atoms with Crippen LogP contribution in [0.25, 0.3) is 10.9 Å². The van der Waals surface area contributed by atoms with Crippen molar-refractivity contribution in [3.8, 4) is 0 Å². The molecule has 0 spiro atoms. The standard InChI is InChI=1S/C26H25N3O2/c30-24(20-8-3-1-4-9-20)18-27-16-14-19-15-17-28-25-22(19)12-7-13-23(25)26(31)29-21-10-5-2-6-11-21/h1-13,15,17,24,27,30H,14,16,18H2,(H,29,31)/t24-/m0/s1. The van der Waals surface area contributed by atoms with E-state index in [2.05, 4.69) is 15.6 Å². The highest BCUT2D eigenvalue weighted by Gasteiger charge is 2.13. The number of hydrogen-bond donors (Lipinski definition) is 3. The Morgan fingerprint density at radius 2 is 1.65 bits per heavy atom. The lowest BCUT2D eigenvalue weighted by atomic mass is 10.0. The van der Waals surface area contributed by atoms with Gasteiger partial charge in [0.15, 0.2) is 0 Å². The number of aromatic nitrogens is 1. The van der Waals surface area contributed by atoms with Gasteiger partial charge in [0, 0.05) is 23.8 Å². The van der Waals surface area contributed by atoms with Gasteiger partial charge in [-0.2, -0.15) is 0 Å². The van der Waals surface area contributed by atoms with Crippen LogP contribution in [0.3, 0.4) is 0 Å². The summed E-state index contributed by atoms with van der Waals surface area (Å²) in [4.78, 5) is 17.3. The molecule has 1 amide bonds. The van der Waals surface area contributed by atoms with Crippen molar-refractivity contribution >= 4 is 22.5 Å². The molecular formula is C26H25N3O2. The number of amides is 1. The summed E-state index contributed by atoms with van der Waals surface area (Å²) in [5.74, 6) is -0.175. The molecule has 0 aliphatic carbocycles. The van der Waals surface area contributed by atoms with E-state index >= 15 is 0 Å². The van der Waals surface area contributed by atoms with Crippen molar-refractivity contribution in [1.82, 2.24) is 10.3 Å².